The average Bonchev–Trinajstić information content (AvgIpc) is 2.63. The fourth-order valence-electron chi connectivity index (χ4n) is 2.27. The predicted octanol–water partition coefficient (Wildman–Crippen LogP) is 0.905. The number of hydrogen-bond donors (Lipinski definition) is 1. The van der Waals surface area contributed by atoms with Crippen LogP contribution in [-0.2, 0) is 13.5 Å². The maximum atomic E-state index is 13.0. The standard InChI is InChI=1S/C10H17F2N5/c1-17-15-9(14-16-17)6-8(13)7-2-4-10(11,12)5-3-7/h7-8H,2-6,13H2,1H3. The molecule has 1 aromatic heterocycles. The molecule has 7 heteroatoms. The molecule has 1 aliphatic rings. The van der Waals surface area contributed by atoms with E-state index < -0.39 is 5.92 Å². The number of nitrogens with two attached hydrogens (primary N) is 1. The molecule has 0 spiro atoms. The van der Waals surface area contributed by atoms with Gasteiger partial charge in [0.05, 0.1) is 7.05 Å². The lowest BCUT2D eigenvalue weighted by atomic mass is 9.81. The van der Waals surface area contributed by atoms with Crippen LogP contribution in [0.3, 0.4) is 0 Å². The van der Waals surface area contributed by atoms with Crippen molar-refractivity contribution < 1.29 is 8.78 Å². The van der Waals surface area contributed by atoms with E-state index in [1.807, 2.05) is 0 Å². The zero-order chi connectivity index (χ0) is 12.5. The van der Waals surface area contributed by atoms with E-state index in [9.17, 15) is 8.78 Å². The highest BCUT2D eigenvalue weighted by molar-refractivity contribution is 4.89. The van der Waals surface area contributed by atoms with Gasteiger partial charge >= 0.3 is 0 Å². The number of hydrogen-bond acceptors (Lipinski definition) is 4. The number of aryl methyl sites for hydroxylation is 1. The zero-order valence-corrected chi connectivity index (χ0v) is 9.81. The van der Waals surface area contributed by atoms with Crippen LogP contribution in [-0.4, -0.2) is 32.2 Å². The SMILES string of the molecule is Cn1nnc(CC(N)C2CCC(F)(F)CC2)n1. The van der Waals surface area contributed by atoms with Crippen molar-refractivity contribution in [3.63, 3.8) is 0 Å². The molecule has 1 aromatic rings. The van der Waals surface area contributed by atoms with Gasteiger partial charge in [0.1, 0.15) is 0 Å². The first-order chi connectivity index (χ1) is 7.96. The number of alkyl halides is 2. The third kappa shape index (κ3) is 3.18. The van der Waals surface area contributed by atoms with Crippen molar-refractivity contribution in [3.05, 3.63) is 5.82 Å². The molecule has 1 aliphatic carbocycles. The summed E-state index contributed by atoms with van der Waals surface area (Å²) < 4.78 is 26.0. The van der Waals surface area contributed by atoms with Gasteiger partial charge in [-0.15, -0.1) is 10.2 Å². The molecule has 1 unspecified atom stereocenters. The molecule has 1 atom stereocenters. The molecular weight excluding hydrogens is 228 g/mol. The molecule has 2 N–H and O–H groups in total. The minimum Gasteiger partial charge on any atom is -0.327 e. The van der Waals surface area contributed by atoms with E-state index in [0.29, 0.717) is 25.1 Å². The van der Waals surface area contributed by atoms with E-state index in [1.54, 1.807) is 7.05 Å². The normalized spacial score (nSPS) is 22.6. The van der Waals surface area contributed by atoms with Gasteiger partial charge in [-0.1, -0.05) is 0 Å². The molecule has 0 aliphatic heterocycles. The average molecular weight is 245 g/mol. The molecule has 5 nitrogen and oxygen atoms in total. The summed E-state index contributed by atoms with van der Waals surface area (Å²) >= 11 is 0. The summed E-state index contributed by atoms with van der Waals surface area (Å²) in [6.07, 6.45) is 1.35. The first-order valence-electron chi connectivity index (χ1n) is 5.82. The summed E-state index contributed by atoms with van der Waals surface area (Å²) in [5, 5.41) is 11.6. The minimum atomic E-state index is -2.50. The summed E-state index contributed by atoms with van der Waals surface area (Å²) in [7, 11) is 1.68. The Bertz CT molecular complexity index is 369. The van der Waals surface area contributed by atoms with Crippen molar-refractivity contribution >= 4 is 0 Å². The van der Waals surface area contributed by atoms with Gasteiger partial charge in [-0.05, 0) is 24.0 Å². The van der Waals surface area contributed by atoms with Crippen molar-refractivity contribution in [2.45, 2.75) is 44.1 Å². The van der Waals surface area contributed by atoms with E-state index in [4.69, 9.17) is 5.73 Å². The van der Waals surface area contributed by atoms with Crippen molar-refractivity contribution in [1.29, 1.82) is 0 Å². The van der Waals surface area contributed by atoms with Gasteiger partial charge in [0, 0.05) is 25.3 Å². The Morgan fingerprint density at radius 2 is 2.12 bits per heavy atom. The van der Waals surface area contributed by atoms with Crippen molar-refractivity contribution in [2.75, 3.05) is 0 Å². The van der Waals surface area contributed by atoms with Crippen LogP contribution >= 0.6 is 0 Å². The van der Waals surface area contributed by atoms with Crippen LogP contribution in [0, 0.1) is 5.92 Å². The van der Waals surface area contributed by atoms with Crippen LogP contribution < -0.4 is 5.73 Å². The quantitative estimate of drug-likeness (QED) is 0.859. The van der Waals surface area contributed by atoms with Crippen LogP contribution in [0.25, 0.3) is 0 Å². The second-order valence-corrected chi connectivity index (χ2v) is 4.76. The molecule has 0 radical (unpaired) electrons. The molecular formula is C10H17F2N5. The molecule has 17 heavy (non-hydrogen) atoms. The van der Waals surface area contributed by atoms with Gasteiger partial charge in [0.25, 0.3) is 0 Å². The first-order valence-corrected chi connectivity index (χ1v) is 5.82. The van der Waals surface area contributed by atoms with Crippen LogP contribution in [0.5, 0.6) is 0 Å². The van der Waals surface area contributed by atoms with Crippen LogP contribution in [0.4, 0.5) is 8.78 Å². The van der Waals surface area contributed by atoms with Gasteiger partial charge < -0.3 is 5.73 Å². The van der Waals surface area contributed by atoms with Crippen molar-refractivity contribution in [3.8, 4) is 0 Å². The highest BCUT2D eigenvalue weighted by Crippen LogP contribution is 2.37. The second kappa shape index (κ2) is 4.64. The summed E-state index contributed by atoms with van der Waals surface area (Å²) in [5.41, 5.74) is 6.02. The fraction of sp³-hybridized carbons (Fsp3) is 0.900. The van der Waals surface area contributed by atoms with E-state index in [1.165, 1.54) is 4.80 Å². The molecule has 0 aromatic carbocycles. The summed E-state index contributed by atoms with van der Waals surface area (Å²) in [4.78, 5) is 1.37. The van der Waals surface area contributed by atoms with E-state index in [0.717, 1.165) is 0 Å². The molecule has 0 bridgehead atoms. The number of halogens is 2. The largest absolute Gasteiger partial charge is 0.327 e. The highest BCUT2D eigenvalue weighted by Gasteiger charge is 2.36. The third-order valence-electron chi connectivity index (χ3n) is 3.34. The fourth-order valence-corrected chi connectivity index (χ4v) is 2.27. The number of aromatic nitrogens is 4. The maximum Gasteiger partial charge on any atom is 0.248 e. The summed E-state index contributed by atoms with van der Waals surface area (Å²) in [6.45, 7) is 0. The Kier molecular flexibility index (Phi) is 3.37. The van der Waals surface area contributed by atoms with Gasteiger partial charge in [-0.25, -0.2) is 8.78 Å². The molecule has 0 amide bonds. The Morgan fingerprint density at radius 1 is 1.47 bits per heavy atom. The second-order valence-electron chi connectivity index (χ2n) is 4.76. The van der Waals surface area contributed by atoms with Crippen LogP contribution in [0.15, 0.2) is 0 Å². The highest BCUT2D eigenvalue weighted by atomic mass is 19.3. The monoisotopic (exact) mass is 245 g/mol. The van der Waals surface area contributed by atoms with Gasteiger partial charge in [0.2, 0.25) is 5.92 Å². The van der Waals surface area contributed by atoms with Gasteiger partial charge in [-0.3, -0.25) is 0 Å². The predicted molar refractivity (Wildman–Crippen MR) is 57.4 cm³/mol. The van der Waals surface area contributed by atoms with Crippen LogP contribution in [0.2, 0.25) is 0 Å². The first kappa shape index (κ1) is 12.3. The number of tetrazole rings is 1. The van der Waals surface area contributed by atoms with Crippen molar-refractivity contribution in [2.24, 2.45) is 18.7 Å². The lowest BCUT2D eigenvalue weighted by molar-refractivity contribution is -0.0482. The lowest BCUT2D eigenvalue weighted by Gasteiger charge is -2.31. The topological polar surface area (TPSA) is 69.6 Å². The smallest absolute Gasteiger partial charge is 0.248 e. The molecule has 1 fully saturated rings. The Hall–Kier alpha value is -1.11. The zero-order valence-electron chi connectivity index (χ0n) is 9.81. The third-order valence-corrected chi connectivity index (χ3v) is 3.34. The molecule has 0 saturated heterocycles. The molecule has 1 heterocycles. The molecule has 1 saturated carbocycles. The summed E-state index contributed by atoms with van der Waals surface area (Å²) in [5.74, 6) is -1.78. The maximum absolute atomic E-state index is 13.0. The number of nitrogens with zero attached hydrogens (tertiary/aromatic N) is 4. The van der Waals surface area contributed by atoms with Crippen LogP contribution in [0.1, 0.15) is 31.5 Å². The van der Waals surface area contributed by atoms with Crippen molar-refractivity contribution in [1.82, 2.24) is 20.2 Å². The summed E-state index contributed by atoms with van der Waals surface area (Å²) in [6, 6.07) is -0.157. The Balaban J connectivity index is 1.87. The number of rotatable bonds is 3. The van der Waals surface area contributed by atoms with E-state index in [2.05, 4.69) is 15.4 Å². The van der Waals surface area contributed by atoms with E-state index >= 15 is 0 Å². The molecule has 2 rings (SSSR count). The van der Waals surface area contributed by atoms with Gasteiger partial charge in [-0.2, -0.15) is 4.80 Å². The Labute approximate surface area is 98.4 Å². The Morgan fingerprint density at radius 3 is 2.65 bits per heavy atom. The minimum absolute atomic E-state index is 0.0563. The lowest BCUT2D eigenvalue weighted by Crippen LogP contribution is -2.37. The van der Waals surface area contributed by atoms with Gasteiger partial charge in [0.15, 0.2) is 5.82 Å². The van der Waals surface area contributed by atoms with E-state index in [-0.39, 0.29) is 24.8 Å². The molecule has 96 valence electrons.